The van der Waals surface area contributed by atoms with E-state index in [1.807, 2.05) is 13.8 Å². The second-order valence-corrected chi connectivity index (χ2v) is 4.59. The number of aldehydes is 1. The minimum atomic E-state index is -0.0301. The maximum absolute atomic E-state index is 10.6. The van der Waals surface area contributed by atoms with E-state index in [1.165, 1.54) is 46.0 Å². The molecule has 0 saturated heterocycles. The summed E-state index contributed by atoms with van der Waals surface area (Å²) in [6, 6.07) is 0. The quantitative estimate of drug-likeness (QED) is 0.359. The van der Waals surface area contributed by atoms with Crippen molar-refractivity contribution >= 4 is 12.1 Å². The number of Topliss-reactive ketones (excluding diaryl/α,β-unsaturated/α-hetero) is 1. The molecule has 0 spiro atoms. The Labute approximate surface area is 143 Å². The van der Waals surface area contributed by atoms with Crippen molar-refractivity contribution in [3.05, 3.63) is 11.4 Å². The summed E-state index contributed by atoms with van der Waals surface area (Å²) < 4.78 is 0. The topological polar surface area (TPSA) is 92.4 Å². The van der Waals surface area contributed by atoms with Gasteiger partial charge in [-0.1, -0.05) is 52.9 Å². The number of likely N-dealkylation sites (N-methyl/N-ethyl adjacent to an activating group) is 1. The van der Waals surface area contributed by atoms with Gasteiger partial charge in [0.2, 0.25) is 0 Å². The number of hydrogen-bond acceptors (Lipinski definition) is 5. The summed E-state index contributed by atoms with van der Waals surface area (Å²) in [7, 11) is 1.67. The van der Waals surface area contributed by atoms with Gasteiger partial charge in [0.25, 0.3) is 0 Å². The van der Waals surface area contributed by atoms with Crippen LogP contribution in [0.1, 0.15) is 80.1 Å². The molecule has 0 radical (unpaired) electrons. The first-order valence-corrected chi connectivity index (χ1v) is 8.58. The third-order valence-electron chi connectivity index (χ3n) is 2.51. The summed E-state index contributed by atoms with van der Waals surface area (Å²) in [5.74, 6) is -0.0301. The Kier molecular flexibility index (Phi) is 37.0. The van der Waals surface area contributed by atoms with Gasteiger partial charge in [0.1, 0.15) is 6.29 Å². The van der Waals surface area contributed by atoms with Crippen LogP contribution >= 0.6 is 0 Å². The van der Waals surface area contributed by atoms with E-state index in [0.717, 1.165) is 12.7 Å². The highest BCUT2D eigenvalue weighted by Crippen LogP contribution is 2.03. The molecule has 0 aromatic heterocycles. The van der Waals surface area contributed by atoms with Crippen molar-refractivity contribution in [3.63, 3.8) is 0 Å². The van der Waals surface area contributed by atoms with Crippen LogP contribution < -0.4 is 11.1 Å². The van der Waals surface area contributed by atoms with E-state index in [2.05, 4.69) is 12.2 Å². The number of nitrogens with two attached hydrogens (primary N) is 1. The van der Waals surface area contributed by atoms with Crippen molar-refractivity contribution in [1.82, 2.24) is 5.32 Å². The number of aliphatic hydroxyl groups excluding tert-OH is 1. The SMILES string of the molecule is CC.CC=O.CCCCCCCCO.CN/C(C(C)=O)=C(/C)N. The normalized spacial score (nSPS) is 9.57. The Morgan fingerprint density at radius 1 is 1.09 bits per heavy atom. The number of hydrogen-bond donors (Lipinski definition) is 3. The van der Waals surface area contributed by atoms with E-state index in [1.54, 1.807) is 14.0 Å². The molecule has 23 heavy (non-hydrogen) atoms. The highest BCUT2D eigenvalue weighted by molar-refractivity contribution is 5.93. The van der Waals surface area contributed by atoms with Crippen LogP contribution in [0.2, 0.25) is 0 Å². The van der Waals surface area contributed by atoms with Crippen LogP contribution in [0.3, 0.4) is 0 Å². The van der Waals surface area contributed by atoms with E-state index >= 15 is 0 Å². The third kappa shape index (κ3) is 33.5. The van der Waals surface area contributed by atoms with Crippen LogP contribution in [0.4, 0.5) is 0 Å². The van der Waals surface area contributed by atoms with Gasteiger partial charge in [-0.3, -0.25) is 4.79 Å². The predicted octanol–water partition coefficient (Wildman–Crippen LogP) is 3.56. The molecule has 0 fully saturated rings. The predicted molar refractivity (Wildman–Crippen MR) is 100 cm³/mol. The molecule has 0 saturated carbocycles. The molecule has 0 aliphatic heterocycles. The summed E-state index contributed by atoms with van der Waals surface area (Å²) in [5, 5.41) is 11.1. The van der Waals surface area contributed by atoms with Crippen LogP contribution in [0.5, 0.6) is 0 Å². The first-order valence-electron chi connectivity index (χ1n) is 8.58. The molecule has 140 valence electrons. The first-order chi connectivity index (χ1) is 10.9. The number of carbonyl (C=O) groups excluding carboxylic acids is 2. The molecule has 0 heterocycles. The molecule has 0 aliphatic carbocycles. The maximum Gasteiger partial charge on any atom is 0.177 e. The van der Waals surface area contributed by atoms with Crippen LogP contribution in [-0.2, 0) is 9.59 Å². The molecule has 0 aromatic carbocycles. The Bertz CT molecular complexity index is 267. The summed E-state index contributed by atoms with van der Waals surface area (Å²) >= 11 is 0. The van der Waals surface area contributed by atoms with Gasteiger partial charge in [0, 0.05) is 26.3 Å². The highest BCUT2D eigenvalue weighted by Gasteiger charge is 2.01. The highest BCUT2D eigenvalue weighted by atomic mass is 16.2. The molecule has 0 amide bonds. The lowest BCUT2D eigenvalue weighted by atomic mass is 10.1. The smallest absolute Gasteiger partial charge is 0.177 e. The van der Waals surface area contributed by atoms with Gasteiger partial charge >= 0.3 is 0 Å². The fourth-order valence-corrected chi connectivity index (χ4v) is 1.54. The molecule has 0 aromatic rings. The van der Waals surface area contributed by atoms with Crippen LogP contribution in [0.15, 0.2) is 11.4 Å². The van der Waals surface area contributed by atoms with E-state index in [9.17, 15) is 4.79 Å². The number of allylic oxidation sites excluding steroid dienone is 2. The zero-order valence-corrected chi connectivity index (χ0v) is 16.4. The minimum absolute atomic E-state index is 0.0301. The van der Waals surface area contributed by atoms with Crippen molar-refractivity contribution in [2.24, 2.45) is 5.73 Å². The Hall–Kier alpha value is -1.36. The van der Waals surface area contributed by atoms with Crippen molar-refractivity contribution in [2.45, 2.75) is 80.1 Å². The van der Waals surface area contributed by atoms with E-state index in [4.69, 9.17) is 15.6 Å². The van der Waals surface area contributed by atoms with Gasteiger partial charge in [-0.15, -0.1) is 0 Å². The number of aliphatic hydroxyl groups is 1. The molecule has 0 bridgehead atoms. The van der Waals surface area contributed by atoms with Crippen molar-refractivity contribution < 1.29 is 14.7 Å². The monoisotopic (exact) mass is 332 g/mol. The molecular formula is C18H40N2O3. The summed E-state index contributed by atoms with van der Waals surface area (Å²) in [5.41, 5.74) is 6.37. The molecule has 0 atom stereocenters. The Balaban J connectivity index is -0.000000123. The largest absolute Gasteiger partial charge is 0.401 e. The summed E-state index contributed by atoms with van der Waals surface area (Å²) in [6.07, 6.45) is 8.25. The number of nitrogens with one attached hydrogen (secondary N) is 1. The molecule has 0 unspecified atom stereocenters. The van der Waals surface area contributed by atoms with E-state index in [-0.39, 0.29) is 5.78 Å². The van der Waals surface area contributed by atoms with Gasteiger partial charge in [-0.05, 0) is 20.3 Å². The van der Waals surface area contributed by atoms with Crippen molar-refractivity contribution in [1.29, 1.82) is 0 Å². The van der Waals surface area contributed by atoms with Gasteiger partial charge in [0.15, 0.2) is 5.78 Å². The fourth-order valence-electron chi connectivity index (χ4n) is 1.54. The zero-order valence-electron chi connectivity index (χ0n) is 16.4. The van der Waals surface area contributed by atoms with Gasteiger partial charge in [0.05, 0.1) is 5.70 Å². The average Bonchev–Trinajstić information content (AvgIpc) is 2.50. The molecule has 0 aliphatic rings. The Morgan fingerprint density at radius 2 is 1.48 bits per heavy atom. The molecular weight excluding hydrogens is 292 g/mol. The van der Waals surface area contributed by atoms with E-state index < -0.39 is 0 Å². The Morgan fingerprint density at radius 3 is 1.70 bits per heavy atom. The van der Waals surface area contributed by atoms with Gasteiger partial charge in [-0.2, -0.15) is 0 Å². The van der Waals surface area contributed by atoms with Gasteiger partial charge in [-0.25, -0.2) is 0 Å². The van der Waals surface area contributed by atoms with Crippen molar-refractivity contribution in [3.8, 4) is 0 Å². The van der Waals surface area contributed by atoms with E-state index in [0.29, 0.717) is 18.0 Å². The second-order valence-electron chi connectivity index (χ2n) is 4.59. The lowest BCUT2D eigenvalue weighted by Crippen LogP contribution is -2.18. The third-order valence-corrected chi connectivity index (χ3v) is 2.51. The van der Waals surface area contributed by atoms with Crippen LogP contribution in [0, 0.1) is 0 Å². The summed E-state index contributed by atoms with van der Waals surface area (Å²) in [4.78, 5) is 19.4. The number of ketones is 1. The number of unbranched alkanes of at least 4 members (excludes halogenated alkanes) is 5. The summed E-state index contributed by atoms with van der Waals surface area (Å²) in [6.45, 7) is 11.2. The maximum atomic E-state index is 10.6. The zero-order chi connectivity index (χ0) is 19.1. The van der Waals surface area contributed by atoms with Crippen LogP contribution in [0.25, 0.3) is 0 Å². The molecule has 5 nitrogen and oxygen atoms in total. The number of rotatable bonds is 8. The molecule has 4 N–H and O–H groups in total. The van der Waals surface area contributed by atoms with Crippen molar-refractivity contribution in [2.75, 3.05) is 13.7 Å². The standard InChI is InChI=1S/C8H18O.C6H12N2O.C2H4O.C2H6/c1-2-3-4-5-6-7-8-9;1-4(7)6(8-3)5(2)9;1-2-3;1-2/h9H,2-8H2,1H3;8H,7H2,1-3H3;2H,1H3;1-2H3/b;6-4-;;. The fraction of sp³-hybridized carbons (Fsp3) is 0.778. The lowest BCUT2D eigenvalue weighted by Gasteiger charge is -2.02. The second kappa shape index (κ2) is 28.8. The minimum Gasteiger partial charge on any atom is -0.401 e. The van der Waals surface area contributed by atoms with Gasteiger partial charge < -0.3 is 21.0 Å². The first kappa shape index (κ1) is 29.6. The molecule has 0 rings (SSSR count). The number of carbonyl (C=O) groups is 2. The average molecular weight is 333 g/mol. The molecule has 5 heteroatoms. The van der Waals surface area contributed by atoms with Crippen LogP contribution in [-0.4, -0.2) is 30.8 Å². The lowest BCUT2D eigenvalue weighted by molar-refractivity contribution is -0.114.